The molecule has 2 aliphatic carbocycles. The number of methoxy groups -OCH3 is 1. The molecule has 1 N–H and O–H groups in total. The van der Waals surface area contributed by atoms with Crippen LogP contribution in [0.4, 0.5) is 0 Å². The molecule has 0 heterocycles. The summed E-state index contributed by atoms with van der Waals surface area (Å²) in [6, 6.07) is 6.48. The summed E-state index contributed by atoms with van der Waals surface area (Å²) < 4.78 is 15.1. The summed E-state index contributed by atoms with van der Waals surface area (Å²) in [5, 5.41) is 10.4. The van der Waals surface area contributed by atoms with E-state index in [1.165, 1.54) is 7.11 Å². The van der Waals surface area contributed by atoms with Crippen molar-refractivity contribution in [3.05, 3.63) is 35.4 Å². The first-order valence-corrected chi connectivity index (χ1v) is 7.22. The maximum absolute atomic E-state index is 12.2. The summed E-state index contributed by atoms with van der Waals surface area (Å²) in [7, 11) is 1.51. The van der Waals surface area contributed by atoms with Crippen molar-refractivity contribution in [2.24, 2.45) is 0 Å². The first-order chi connectivity index (χ1) is 11.0. The van der Waals surface area contributed by atoms with Gasteiger partial charge >= 0.3 is 11.9 Å². The second-order valence-electron chi connectivity index (χ2n) is 4.64. The number of hydrogen-bond donors (Lipinski definition) is 1. The summed E-state index contributed by atoms with van der Waals surface area (Å²) >= 11 is 0. The van der Waals surface area contributed by atoms with Crippen molar-refractivity contribution in [1.29, 1.82) is 0 Å². The van der Waals surface area contributed by atoms with Crippen LogP contribution < -0.4 is 4.74 Å². The van der Waals surface area contributed by atoms with Crippen LogP contribution in [-0.2, 0) is 9.47 Å². The average Bonchev–Trinajstić information content (AvgIpc) is 2.66. The normalized spacial score (nSPS) is 10.4. The number of hydrogen-bond acceptors (Lipinski definition) is 6. The predicted molar refractivity (Wildman–Crippen MR) is 83.2 cm³/mol. The van der Waals surface area contributed by atoms with E-state index in [2.05, 4.69) is 0 Å². The average molecular weight is 318 g/mol. The Balaban J connectivity index is 2.72. The third kappa shape index (κ3) is 3.06. The Bertz CT molecular complexity index is 651. The standard InChI is InChI=1S/C17H18O6/c1-4-22-16(19)13-11-8-6-10(21-3)7-9-12(11)14(15(13)18)17(20)23-5-2/h6-9,18H,4-5H2,1-3H3. The monoisotopic (exact) mass is 318 g/mol. The molecular weight excluding hydrogens is 300 g/mol. The molecule has 122 valence electrons. The van der Waals surface area contributed by atoms with Gasteiger partial charge in [-0.1, -0.05) is 0 Å². The van der Waals surface area contributed by atoms with Crippen molar-refractivity contribution < 1.29 is 28.9 Å². The van der Waals surface area contributed by atoms with Crippen molar-refractivity contribution in [3.8, 4) is 22.6 Å². The molecule has 0 aromatic rings. The number of aromatic hydroxyl groups is 1. The Morgan fingerprint density at radius 1 is 0.913 bits per heavy atom. The molecule has 6 nitrogen and oxygen atoms in total. The largest absolute Gasteiger partial charge is 0.506 e. The molecule has 0 spiro atoms. The number of fused-ring (bicyclic) bond motifs is 1. The number of rotatable bonds is 5. The van der Waals surface area contributed by atoms with Gasteiger partial charge in [0.2, 0.25) is 0 Å². The lowest BCUT2D eigenvalue weighted by molar-refractivity contribution is 0.0524. The molecule has 2 rings (SSSR count). The third-order valence-corrected chi connectivity index (χ3v) is 3.33. The first-order valence-electron chi connectivity index (χ1n) is 7.22. The van der Waals surface area contributed by atoms with Gasteiger partial charge in [-0.25, -0.2) is 9.59 Å². The van der Waals surface area contributed by atoms with Crippen LogP contribution in [0.25, 0.3) is 11.1 Å². The van der Waals surface area contributed by atoms with Gasteiger partial charge in [0, 0.05) is 11.1 Å². The highest BCUT2D eigenvalue weighted by Crippen LogP contribution is 2.42. The lowest BCUT2D eigenvalue weighted by atomic mass is 10.1. The number of carbonyl (C=O) groups is 2. The summed E-state index contributed by atoms with van der Waals surface area (Å²) in [6.45, 7) is 3.63. The van der Waals surface area contributed by atoms with Crippen molar-refractivity contribution in [1.82, 2.24) is 0 Å². The van der Waals surface area contributed by atoms with E-state index in [0.717, 1.165) is 0 Å². The van der Waals surface area contributed by atoms with Crippen LogP contribution >= 0.6 is 0 Å². The minimum absolute atomic E-state index is 0.0526. The Morgan fingerprint density at radius 3 is 1.70 bits per heavy atom. The molecule has 0 atom stereocenters. The molecule has 0 aromatic carbocycles. The molecule has 0 radical (unpaired) electrons. The van der Waals surface area contributed by atoms with Gasteiger partial charge in [0.25, 0.3) is 0 Å². The van der Waals surface area contributed by atoms with Crippen LogP contribution in [0.2, 0.25) is 0 Å². The van der Waals surface area contributed by atoms with Crippen LogP contribution in [0.1, 0.15) is 34.6 Å². The lowest BCUT2D eigenvalue weighted by Crippen LogP contribution is -2.06. The zero-order chi connectivity index (χ0) is 17.0. The second kappa shape index (κ2) is 7.00. The van der Waals surface area contributed by atoms with E-state index in [9.17, 15) is 14.7 Å². The Kier molecular flexibility index (Phi) is 5.05. The van der Waals surface area contributed by atoms with Gasteiger partial charge in [0.1, 0.15) is 22.6 Å². The highest BCUT2D eigenvalue weighted by molar-refractivity contribution is 6.12. The Labute approximate surface area is 133 Å². The lowest BCUT2D eigenvalue weighted by Gasteiger charge is -2.02. The van der Waals surface area contributed by atoms with Crippen molar-refractivity contribution in [3.63, 3.8) is 0 Å². The van der Waals surface area contributed by atoms with Crippen LogP contribution in [-0.4, -0.2) is 37.4 Å². The van der Waals surface area contributed by atoms with Crippen LogP contribution in [0, 0.1) is 0 Å². The fourth-order valence-electron chi connectivity index (χ4n) is 2.34. The fourth-order valence-corrected chi connectivity index (χ4v) is 2.34. The first kappa shape index (κ1) is 16.6. The van der Waals surface area contributed by atoms with Gasteiger partial charge in [-0.2, -0.15) is 0 Å². The molecule has 6 heteroatoms. The smallest absolute Gasteiger partial charge is 0.342 e. The quantitative estimate of drug-likeness (QED) is 0.854. The van der Waals surface area contributed by atoms with Crippen LogP contribution in [0.5, 0.6) is 11.5 Å². The zero-order valence-corrected chi connectivity index (χ0v) is 13.2. The molecular formula is C17H18O6. The molecule has 0 aliphatic heterocycles. The van der Waals surface area contributed by atoms with Crippen molar-refractivity contribution in [2.45, 2.75) is 13.8 Å². The third-order valence-electron chi connectivity index (χ3n) is 3.33. The Hall–Kier alpha value is -2.76. The second-order valence-corrected chi connectivity index (χ2v) is 4.64. The molecule has 0 aromatic heterocycles. The van der Waals surface area contributed by atoms with Gasteiger partial charge in [-0.15, -0.1) is 0 Å². The van der Waals surface area contributed by atoms with Crippen molar-refractivity contribution in [2.75, 3.05) is 20.3 Å². The molecule has 0 bridgehead atoms. The molecule has 0 fully saturated rings. The van der Waals surface area contributed by atoms with Gasteiger partial charge in [-0.3, -0.25) is 0 Å². The predicted octanol–water partition coefficient (Wildman–Crippen LogP) is 2.86. The molecule has 2 aliphatic rings. The molecule has 0 amide bonds. The van der Waals surface area contributed by atoms with Crippen LogP contribution in [0.3, 0.4) is 0 Å². The van der Waals surface area contributed by atoms with E-state index in [1.807, 2.05) is 0 Å². The summed E-state index contributed by atoms with van der Waals surface area (Å²) in [6.07, 6.45) is 0. The highest BCUT2D eigenvalue weighted by Gasteiger charge is 2.32. The summed E-state index contributed by atoms with van der Waals surface area (Å²) in [4.78, 5) is 24.3. The SMILES string of the molecule is CCOC(=O)c1c2ccc(OC)ccc-2c(C(=O)OCC)c1O. The molecule has 0 saturated carbocycles. The molecule has 23 heavy (non-hydrogen) atoms. The Morgan fingerprint density at radius 2 is 1.35 bits per heavy atom. The fraction of sp³-hybridized carbons (Fsp3) is 0.294. The molecule has 0 saturated heterocycles. The topological polar surface area (TPSA) is 82.1 Å². The van der Waals surface area contributed by atoms with E-state index >= 15 is 0 Å². The van der Waals surface area contributed by atoms with E-state index in [4.69, 9.17) is 14.2 Å². The van der Waals surface area contributed by atoms with Gasteiger partial charge < -0.3 is 19.3 Å². The van der Waals surface area contributed by atoms with E-state index in [1.54, 1.807) is 38.1 Å². The number of ether oxygens (including phenoxy) is 3. The summed E-state index contributed by atoms with van der Waals surface area (Å²) in [5.74, 6) is -1.28. The number of esters is 2. The minimum atomic E-state index is -0.698. The van der Waals surface area contributed by atoms with Crippen molar-refractivity contribution >= 4 is 11.9 Å². The van der Waals surface area contributed by atoms with Gasteiger partial charge in [0.05, 0.1) is 20.3 Å². The highest BCUT2D eigenvalue weighted by atomic mass is 16.5. The summed E-state index contributed by atoms with van der Waals surface area (Å²) in [5.41, 5.74) is 0.686. The van der Waals surface area contributed by atoms with Gasteiger partial charge in [0.15, 0.2) is 0 Å². The molecule has 0 unspecified atom stereocenters. The van der Waals surface area contributed by atoms with E-state index in [-0.39, 0.29) is 24.3 Å². The maximum atomic E-state index is 12.2. The van der Waals surface area contributed by atoms with Crippen LogP contribution in [0.15, 0.2) is 24.3 Å². The minimum Gasteiger partial charge on any atom is -0.506 e. The van der Waals surface area contributed by atoms with E-state index in [0.29, 0.717) is 16.9 Å². The van der Waals surface area contributed by atoms with Gasteiger partial charge in [-0.05, 0) is 38.1 Å². The van der Waals surface area contributed by atoms with E-state index < -0.39 is 17.7 Å². The zero-order valence-electron chi connectivity index (χ0n) is 13.2. The number of carbonyl (C=O) groups excluding carboxylic acids is 2. The maximum Gasteiger partial charge on any atom is 0.342 e.